The van der Waals surface area contributed by atoms with Gasteiger partial charge in [-0.25, -0.2) is 19.1 Å². The summed E-state index contributed by atoms with van der Waals surface area (Å²) in [4.78, 5) is 22.9. The number of hydrogen-bond acceptors (Lipinski definition) is 3. The van der Waals surface area contributed by atoms with Crippen molar-refractivity contribution in [2.45, 2.75) is 0 Å². The van der Waals surface area contributed by atoms with E-state index in [0.29, 0.717) is 10.9 Å². The number of carboxylic acid groups (broad SMARTS) is 1. The quantitative estimate of drug-likeness (QED) is 0.715. The first-order valence-electron chi connectivity index (χ1n) is 5.00. The van der Waals surface area contributed by atoms with Crippen LogP contribution < -0.4 is 5.69 Å². The van der Waals surface area contributed by atoms with Crippen LogP contribution in [0.25, 0.3) is 16.6 Å². The largest absolute Gasteiger partial charge is 0.478 e. The Kier molecular flexibility index (Phi) is 2.24. The number of pyridine rings is 1. The maximum absolute atomic E-state index is 11.7. The highest BCUT2D eigenvalue weighted by Crippen LogP contribution is 2.22. The third-order valence-corrected chi connectivity index (χ3v) is 3.17. The Labute approximate surface area is 108 Å². The van der Waals surface area contributed by atoms with E-state index >= 15 is 0 Å². The minimum atomic E-state index is -1.12. The molecule has 0 aliphatic heterocycles. The monoisotopic (exact) mass is 307 g/mol. The van der Waals surface area contributed by atoms with Crippen molar-refractivity contribution in [2.75, 3.05) is 0 Å². The lowest BCUT2D eigenvalue weighted by atomic mass is 10.1. The number of nitrogens with one attached hydrogen (secondary N) is 1. The lowest BCUT2D eigenvalue weighted by Gasteiger charge is -2.04. The molecule has 0 radical (unpaired) electrons. The van der Waals surface area contributed by atoms with Crippen LogP contribution in [0.2, 0.25) is 0 Å². The molecular formula is C11H6BrN3O3. The van der Waals surface area contributed by atoms with Gasteiger partial charge in [0.25, 0.3) is 0 Å². The first-order valence-corrected chi connectivity index (χ1v) is 5.80. The highest BCUT2D eigenvalue weighted by molar-refractivity contribution is 9.10. The minimum absolute atomic E-state index is 0.0110. The molecule has 0 atom stereocenters. The van der Waals surface area contributed by atoms with Crippen molar-refractivity contribution in [2.24, 2.45) is 0 Å². The van der Waals surface area contributed by atoms with Crippen LogP contribution in [0.4, 0.5) is 0 Å². The fourth-order valence-electron chi connectivity index (χ4n) is 1.91. The highest BCUT2D eigenvalue weighted by atomic mass is 79.9. The molecule has 90 valence electrons. The zero-order valence-corrected chi connectivity index (χ0v) is 10.4. The summed E-state index contributed by atoms with van der Waals surface area (Å²) in [6, 6.07) is 6.76. The van der Waals surface area contributed by atoms with Crippen LogP contribution in [0.5, 0.6) is 0 Å². The number of fused-ring (bicyclic) bond motifs is 3. The van der Waals surface area contributed by atoms with Gasteiger partial charge >= 0.3 is 11.7 Å². The molecule has 0 saturated heterocycles. The number of halogens is 1. The number of benzene rings is 1. The Morgan fingerprint density at radius 3 is 2.89 bits per heavy atom. The predicted octanol–water partition coefficient (Wildman–Crippen LogP) is 1.64. The fourth-order valence-corrected chi connectivity index (χ4v) is 2.26. The lowest BCUT2D eigenvalue weighted by Crippen LogP contribution is -2.12. The second kappa shape index (κ2) is 3.67. The van der Waals surface area contributed by atoms with Crippen molar-refractivity contribution >= 4 is 38.4 Å². The van der Waals surface area contributed by atoms with E-state index < -0.39 is 11.7 Å². The summed E-state index contributed by atoms with van der Waals surface area (Å²) in [6.45, 7) is 0. The fraction of sp³-hybridized carbons (Fsp3) is 0. The Morgan fingerprint density at radius 1 is 1.39 bits per heavy atom. The third-order valence-electron chi connectivity index (χ3n) is 2.68. The molecule has 0 unspecified atom stereocenters. The van der Waals surface area contributed by atoms with Crippen LogP contribution in [0.15, 0.2) is 33.5 Å². The normalized spacial score (nSPS) is 11.2. The molecule has 1 aromatic carbocycles. The second-order valence-electron chi connectivity index (χ2n) is 3.75. The highest BCUT2D eigenvalue weighted by Gasteiger charge is 2.15. The summed E-state index contributed by atoms with van der Waals surface area (Å²) in [5.41, 5.74) is 0.237. The maximum Gasteiger partial charge on any atom is 0.348 e. The van der Waals surface area contributed by atoms with Gasteiger partial charge in [-0.15, -0.1) is 0 Å². The number of aromatic carboxylic acids is 1. The summed E-state index contributed by atoms with van der Waals surface area (Å²) < 4.78 is 2.05. The van der Waals surface area contributed by atoms with Gasteiger partial charge in [-0.3, -0.25) is 0 Å². The first-order chi connectivity index (χ1) is 8.58. The van der Waals surface area contributed by atoms with Gasteiger partial charge in [0.05, 0.1) is 5.52 Å². The molecule has 3 aromatic rings. The topological polar surface area (TPSA) is 87.5 Å². The number of carbonyl (C=O) groups is 1. The van der Waals surface area contributed by atoms with Crippen molar-refractivity contribution in [3.05, 3.63) is 44.8 Å². The Balaban J connectivity index is 2.64. The number of nitrogens with zero attached hydrogens (tertiary/aromatic N) is 2. The van der Waals surface area contributed by atoms with E-state index in [0.717, 1.165) is 4.47 Å². The zero-order valence-electron chi connectivity index (χ0n) is 8.85. The third kappa shape index (κ3) is 1.44. The number of rotatable bonds is 1. The van der Waals surface area contributed by atoms with Crippen molar-refractivity contribution in [1.29, 1.82) is 0 Å². The molecular weight excluding hydrogens is 302 g/mol. The molecule has 0 spiro atoms. The number of aromatic amines is 1. The Hall–Kier alpha value is -2.15. The molecule has 2 aromatic heterocycles. The SMILES string of the molecule is O=C(O)c1cc2ccc(Br)cc2n2c(=O)[nH]nc12. The van der Waals surface area contributed by atoms with E-state index in [1.165, 1.54) is 10.5 Å². The molecule has 0 aliphatic rings. The van der Waals surface area contributed by atoms with Crippen molar-refractivity contribution in [3.63, 3.8) is 0 Å². The predicted molar refractivity (Wildman–Crippen MR) is 68.0 cm³/mol. The Bertz CT molecular complexity index is 850. The van der Waals surface area contributed by atoms with Crippen LogP contribution in [0.1, 0.15) is 10.4 Å². The molecule has 18 heavy (non-hydrogen) atoms. The van der Waals surface area contributed by atoms with Crippen molar-refractivity contribution in [3.8, 4) is 0 Å². The van der Waals surface area contributed by atoms with Gasteiger partial charge in [0, 0.05) is 4.47 Å². The summed E-state index contributed by atoms with van der Waals surface area (Å²) in [5, 5.41) is 15.8. The van der Waals surface area contributed by atoms with Crippen LogP contribution in [-0.2, 0) is 0 Å². The molecule has 3 rings (SSSR count). The van der Waals surface area contributed by atoms with E-state index in [1.807, 2.05) is 0 Å². The molecule has 0 amide bonds. The van der Waals surface area contributed by atoms with Gasteiger partial charge in [0.2, 0.25) is 0 Å². The Morgan fingerprint density at radius 2 is 2.17 bits per heavy atom. The van der Waals surface area contributed by atoms with Crippen LogP contribution in [-0.4, -0.2) is 25.7 Å². The van der Waals surface area contributed by atoms with Gasteiger partial charge in [-0.2, -0.15) is 5.10 Å². The zero-order chi connectivity index (χ0) is 12.9. The number of H-pyrrole nitrogens is 1. The summed E-state index contributed by atoms with van der Waals surface area (Å²) >= 11 is 3.32. The molecule has 0 fully saturated rings. The van der Waals surface area contributed by atoms with E-state index in [1.54, 1.807) is 18.2 Å². The molecule has 0 bridgehead atoms. The van der Waals surface area contributed by atoms with Crippen LogP contribution in [0.3, 0.4) is 0 Å². The van der Waals surface area contributed by atoms with Crippen LogP contribution in [0, 0.1) is 0 Å². The van der Waals surface area contributed by atoms with Gasteiger partial charge < -0.3 is 5.11 Å². The van der Waals surface area contributed by atoms with Gasteiger partial charge in [0.15, 0.2) is 5.65 Å². The average Bonchev–Trinajstić information content (AvgIpc) is 2.71. The summed E-state index contributed by atoms with van der Waals surface area (Å²) in [6.07, 6.45) is 0. The van der Waals surface area contributed by atoms with E-state index in [2.05, 4.69) is 26.1 Å². The van der Waals surface area contributed by atoms with Crippen molar-refractivity contribution in [1.82, 2.24) is 14.6 Å². The molecule has 6 nitrogen and oxygen atoms in total. The standard InChI is InChI=1S/C11H6BrN3O3/c12-6-2-1-5-3-7(10(16)17)9-13-14-11(18)15(9)8(5)4-6/h1-4H,(H,14,18)(H,16,17). The summed E-state index contributed by atoms with van der Waals surface area (Å²) in [5.74, 6) is -1.12. The van der Waals surface area contributed by atoms with Crippen molar-refractivity contribution < 1.29 is 9.90 Å². The lowest BCUT2D eigenvalue weighted by molar-refractivity contribution is 0.0698. The van der Waals surface area contributed by atoms with E-state index in [4.69, 9.17) is 5.11 Å². The average molecular weight is 308 g/mol. The number of hydrogen-bond donors (Lipinski definition) is 2. The first kappa shape index (κ1) is 11.0. The maximum atomic E-state index is 11.7. The van der Waals surface area contributed by atoms with Crippen LogP contribution >= 0.6 is 15.9 Å². The van der Waals surface area contributed by atoms with Gasteiger partial charge in [-0.1, -0.05) is 22.0 Å². The molecule has 0 aliphatic carbocycles. The summed E-state index contributed by atoms with van der Waals surface area (Å²) in [7, 11) is 0. The minimum Gasteiger partial charge on any atom is -0.478 e. The molecule has 0 saturated carbocycles. The van der Waals surface area contributed by atoms with E-state index in [-0.39, 0.29) is 11.2 Å². The molecule has 2 heterocycles. The van der Waals surface area contributed by atoms with E-state index in [9.17, 15) is 9.59 Å². The number of aromatic nitrogens is 3. The number of carboxylic acids is 1. The molecule has 2 N–H and O–H groups in total. The van der Waals surface area contributed by atoms with Gasteiger partial charge in [0.1, 0.15) is 5.56 Å². The smallest absolute Gasteiger partial charge is 0.348 e. The second-order valence-corrected chi connectivity index (χ2v) is 4.67. The van der Waals surface area contributed by atoms with Gasteiger partial charge in [-0.05, 0) is 23.6 Å². The molecule has 7 heteroatoms.